The van der Waals surface area contributed by atoms with E-state index >= 15 is 0 Å². The molecule has 5 heteroatoms. The van der Waals surface area contributed by atoms with Gasteiger partial charge in [-0.1, -0.05) is 6.07 Å². The molecule has 23 heavy (non-hydrogen) atoms. The van der Waals surface area contributed by atoms with Gasteiger partial charge in [0.05, 0.1) is 6.10 Å². The zero-order valence-electron chi connectivity index (χ0n) is 14.0. The molecule has 1 N–H and O–H groups in total. The number of hydrogen-bond donors (Lipinski definition) is 1. The smallest absolute Gasteiger partial charge is 0.321 e. The predicted molar refractivity (Wildman–Crippen MR) is 93.1 cm³/mol. The fraction of sp³-hybridized carbons (Fsp3) is 0.611. The van der Waals surface area contributed by atoms with Crippen LogP contribution in [0.2, 0.25) is 0 Å². The van der Waals surface area contributed by atoms with E-state index in [9.17, 15) is 4.79 Å². The zero-order chi connectivity index (χ0) is 16.1. The normalized spacial score (nSPS) is 20.7. The molecule has 2 aliphatic heterocycles. The Hall–Kier alpha value is -1.75. The molecule has 1 aromatic carbocycles. The van der Waals surface area contributed by atoms with Crippen molar-refractivity contribution in [2.75, 3.05) is 43.0 Å². The van der Waals surface area contributed by atoms with Crippen LogP contribution in [0.5, 0.6) is 0 Å². The molecule has 2 amide bonds. The summed E-state index contributed by atoms with van der Waals surface area (Å²) in [6, 6.07) is 8.12. The number of likely N-dealkylation sites (N-methyl/N-ethyl adjacent to an activating group) is 1. The van der Waals surface area contributed by atoms with E-state index in [4.69, 9.17) is 4.74 Å². The molecule has 5 nitrogen and oxygen atoms in total. The van der Waals surface area contributed by atoms with Crippen LogP contribution < -0.4 is 10.2 Å². The summed E-state index contributed by atoms with van der Waals surface area (Å²) in [5.74, 6) is 0. The minimum Gasteiger partial charge on any atom is -0.376 e. The number of hydrogen-bond acceptors (Lipinski definition) is 3. The first kappa shape index (κ1) is 16.1. The lowest BCUT2D eigenvalue weighted by Crippen LogP contribution is -2.40. The van der Waals surface area contributed by atoms with Crippen molar-refractivity contribution >= 4 is 17.4 Å². The summed E-state index contributed by atoms with van der Waals surface area (Å²) in [7, 11) is 0. The van der Waals surface area contributed by atoms with E-state index in [0.717, 1.165) is 38.2 Å². The van der Waals surface area contributed by atoms with Gasteiger partial charge in [-0.05, 0) is 50.8 Å². The largest absolute Gasteiger partial charge is 0.376 e. The molecule has 2 heterocycles. The van der Waals surface area contributed by atoms with Crippen molar-refractivity contribution in [1.82, 2.24) is 4.90 Å². The Morgan fingerprint density at radius 2 is 2.17 bits per heavy atom. The van der Waals surface area contributed by atoms with Crippen LogP contribution in [0.3, 0.4) is 0 Å². The van der Waals surface area contributed by atoms with Gasteiger partial charge in [-0.15, -0.1) is 0 Å². The first-order valence-electron chi connectivity index (χ1n) is 8.79. The maximum absolute atomic E-state index is 12.5. The van der Waals surface area contributed by atoms with Gasteiger partial charge in [-0.3, -0.25) is 0 Å². The van der Waals surface area contributed by atoms with Gasteiger partial charge in [0.1, 0.15) is 0 Å². The van der Waals surface area contributed by atoms with Crippen molar-refractivity contribution in [3.63, 3.8) is 0 Å². The first-order valence-corrected chi connectivity index (χ1v) is 8.79. The molecule has 0 aliphatic carbocycles. The third-order valence-corrected chi connectivity index (χ3v) is 4.69. The molecule has 2 fully saturated rings. The number of anilines is 2. The molecule has 0 bridgehead atoms. The van der Waals surface area contributed by atoms with Gasteiger partial charge in [-0.25, -0.2) is 4.79 Å². The lowest BCUT2D eigenvalue weighted by molar-refractivity contribution is 0.0849. The van der Waals surface area contributed by atoms with Crippen LogP contribution in [0.1, 0.15) is 32.6 Å². The second-order valence-electron chi connectivity index (χ2n) is 6.35. The Bertz CT molecular complexity index is 523. The van der Waals surface area contributed by atoms with Gasteiger partial charge >= 0.3 is 6.03 Å². The van der Waals surface area contributed by atoms with Crippen LogP contribution >= 0.6 is 0 Å². The van der Waals surface area contributed by atoms with Gasteiger partial charge in [0.25, 0.3) is 0 Å². The Kier molecular flexibility index (Phi) is 5.39. The lowest BCUT2D eigenvalue weighted by atomic mass is 10.2. The van der Waals surface area contributed by atoms with Gasteiger partial charge in [0.15, 0.2) is 0 Å². The average molecular weight is 317 g/mol. The Balaban J connectivity index is 1.60. The molecule has 0 saturated carbocycles. The second kappa shape index (κ2) is 7.68. The fourth-order valence-electron chi connectivity index (χ4n) is 3.35. The summed E-state index contributed by atoms with van der Waals surface area (Å²) in [5, 5.41) is 3.04. The Morgan fingerprint density at radius 1 is 1.35 bits per heavy atom. The quantitative estimate of drug-likeness (QED) is 0.906. The molecule has 1 aromatic rings. The van der Waals surface area contributed by atoms with Crippen LogP contribution in [0.25, 0.3) is 0 Å². The number of urea groups is 1. The van der Waals surface area contributed by atoms with Gasteiger partial charge in [0, 0.05) is 44.2 Å². The van der Waals surface area contributed by atoms with Gasteiger partial charge in [-0.2, -0.15) is 0 Å². The van der Waals surface area contributed by atoms with E-state index in [0.29, 0.717) is 13.1 Å². The highest BCUT2D eigenvalue weighted by Gasteiger charge is 2.21. The maximum Gasteiger partial charge on any atom is 0.321 e. The highest BCUT2D eigenvalue weighted by atomic mass is 16.5. The fourth-order valence-corrected chi connectivity index (χ4v) is 3.35. The summed E-state index contributed by atoms with van der Waals surface area (Å²) < 4.78 is 5.64. The number of carbonyl (C=O) groups excluding carboxylic acids is 1. The molecule has 0 aromatic heterocycles. The minimum atomic E-state index is -0.0402. The molecule has 1 atom stereocenters. The number of nitrogens with zero attached hydrogens (tertiary/aromatic N) is 2. The summed E-state index contributed by atoms with van der Waals surface area (Å²) in [6.45, 7) is 6.41. The van der Waals surface area contributed by atoms with Crippen molar-refractivity contribution in [3.8, 4) is 0 Å². The molecule has 2 saturated heterocycles. The highest BCUT2D eigenvalue weighted by molar-refractivity contribution is 5.90. The van der Waals surface area contributed by atoms with E-state index in [1.165, 1.54) is 18.5 Å². The van der Waals surface area contributed by atoms with E-state index < -0.39 is 0 Å². The van der Waals surface area contributed by atoms with E-state index in [-0.39, 0.29) is 12.1 Å². The van der Waals surface area contributed by atoms with Crippen LogP contribution in [-0.4, -0.2) is 49.8 Å². The van der Waals surface area contributed by atoms with Crippen LogP contribution in [-0.2, 0) is 4.74 Å². The van der Waals surface area contributed by atoms with Crippen LogP contribution in [0.4, 0.5) is 16.2 Å². The predicted octanol–water partition coefficient (Wildman–Crippen LogP) is 3.32. The van der Waals surface area contributed by atoms with Crippen molar-refractivity contribution < 1.29 is 9.53 Å². The topological polar surface area (TPSA) is 44.8 Å². The maximum atomic E-state index is 12.5. The molecule has 0 unspecified atom stereocenters. The Morgan fingerprint density at radius 3 is 2.87 bits per heavy atom. The summed E-state index contributed by atoms with van der Waals surface area (Å²) in [4.78, 5) is 16.7. The first-order chi connectivity index (χ1) is 11.3. The zero-order valence-corrected chi connectivity index (χ0v) is 14.0. The summed E-state index contributed by atoms with van der Waals surface area (Å²) in [6.07, 6.45) is 4.84. The molecule has 0 radical (unpaired) electrons. The van der Waals surface area contributed by atoms with Crippen molar-refractivity contribution in [2.45, 2.75) is 38.7 Å². The monoisotopic (exact) mass is 317 g/mol. The molecule has 2 aliphatic rings. The lowest BCUT2D eigenvalue weighted by Gasteiger charge is -2.25. The minimum absolute atomic E-state index is 0.0402. The van der Waals surface area contributed by atoms with E-state index in [2.05, 4.69) is 22.3 Å². The summed E-state index contributed by atoms with van der Waals surface area (Å²) in [5.41, 5.74) is 2.06. The third-order valence-electron chi connectivity index (χ3n) is 4.69. The van der Waals surface area contributed by atoms with Crippen molar-refractivity contribution in [3.05, 3.63) is 24.3 Å². The van der Waals surface area contributed by atoms with E-state index in [1.807, 2.05) is 24.0 Å². The number of rotatable bonds is 5. The van der Waals surface area contributed by atoms with Gasteiger partial charge < -0.3 is 19.9 Å². The number of carbonyl (C=O) groups is 1. The van der Waals surface area contributed by atoms with Crippen molar-refractivity contribution in [2.24, 2.45) is 0 Å². The van der Waals surface area contributed by atoms with Crippen molar-refractivity contribution in [1.29, 1.82) is 0 Å². The van der Waals surface area contributed by atoms with Gasteiger partial charge in [0.2, 0.25) is 0 Å². The second-order valence-corrected chi connectivity index (χ2v) is 6.35. The standard InChI is InChI=1S/C18H27N3O2/c1-2-20(14-17-9-6-12-23-17)18(22)19-15-7-5-8-16(13-15)21-10-3-4-11-21/h5,7-8,13,17H,2-4,6,9-12,14H2,1H3,(H,19,22)/t17-/m0/s1. The van der Waals surface area contributed by atoms with E-state index in [1.54, 1.807) is 0 Å². The highest BCUT2D eigenvalue weighted by Crippen LogP contribution is 2.23. The number of ether oxygens (including phenoxy) is 1. The van der Waals surface area contributed by atoms with Crippen LogP contribution in [0.15, 0.2) is 24.3 Å². The number of amides is 2. The molecule has 3 rings (SSSR count). The number of benzene rings is 1. The third kappa shape index (κ3) is 4.16. The molecule has 0 spiro atoms. The molecular weight excluding hydrogens is 290 g/mol. The molecular formula is C18H27N3O2. The number of nitrogens with one attached hydrogen (secondary N) is 1. The summed E-state index contributed by atoms with van der Waals surface area (Å²) >= 11 is 0. The Labute approximate surface area is 138 Å². The SMILES string of the molecule is CCN(C[C@@H]1CCCO1)C(=O)Nc1cccc(N2CCCC2)c1. The van der Waals surface area contributed by atoms with Crippen LogP contribution in [0, 0.1) is 0 Å². The molecule has 126 valence electrons. The average Bonchev–Trinajstić information content (AvgIpc) is 3.26.